The predicted molar refractivity (Wildman–Crippen MR) is 195 cm³/mol. The Bertz CT molecular complexity index is 778. The summed E-state index contributed by atoms with van der Waals surface area (Å²) in [5.74, 6) is 0.814. The number of unbranched alkanes of at least 4 members (excludes halogenated alkanes) is 1. The van der Waals surface area contributed by atoms with Crippen molar-refractivity contribution in [1.29, 1.82) is 0 Å². The molecule has 13 nitrogen and oxygen atoms in total. The molecule has 4 amide bonds. The Morgan fingerprint density at radius 3 is 1.71 bits per heavy atom. The fourth-order valence-electron chi connectivity index (χ4n) is 3.70. The maximum atomic E-state index is 12.5. The molecule has 0 aromatic rings. The highest BCUT2D eigenvalue weighted by molar-refractivity contribution is 5.82. The quantitative estimate of drug-likeness (QED) is 0.0668. The molecule has 0 unspecified atom stereocenters. The SMILES string of the molecule is CCCC(C)C.COCCOCCOCCOCCNC=O.C[C@H](CCC(=O)NCCCCNC=O)NC(=O)C(C)(C)COCC(C)(C)C. The van der Waals surface area contributed by atoms with Crippen molar-refractivity contribution in [2.24, 2.45) is 16.7 Å². The zero-order valence-corrected chi connectivity index (χ0v) is 32.7. The van der Waals surface area contributed by atoms with E-state index in [-0.39, 0.29) is 23.3 Å². The van der Waals surface area contributed by atoms with Crippen LogP contribution in [0.5, 0.6) is 0 Å². The number of carbonyl (C=O) groups excluding carboxylic acids is 4. The van der Waals surface area contributed by atoms with Crippen LogP contribution < -0.4 is 21.3 Å². The second-order valence-corrected chi connectivity index (χ2v) is 14.1. The van der Waals surface area contributed by atoms with E-state index in [1.807, 2.05) is 20.8 Å². The van der Waals surface area contributed by atoms with Gasteiger partial charge in [-0.1, -0.05) is 54.4 Å². The van der Waals surface area contributed by atoms with Gasteiger partial charge in [0.2, 0.25) is 24.6 Å². The zero-order valence-electron chi connectivity index (χ0n) is 32.7. The number of carbonyl (C=O) groups is 4. The van der Waals surface area contributed by atoms with Gasteiger partial charge in [0.15, 0.2) is 0 Å². The normalized spacial score (nSPS) is 11.7. The molecule has 0 aliphatic carbocycles. The molecule has 0 rings (SSSR count). The summed E-state index contributed by atoms with van der Waals surface area (Å²) in [6.07, 6.45) is 6.64. The molecule has 0 aliphatic heterocycles. The first-order valence-corrected chi connectivity index (χ1v) is 17.9. The van der Waals surface area contributed by atoms with E-state index in [1.165, 1.54) is 12.8 Å². The van der Waals surface area contributed by atoms with Crippen LogP contribution in [0.15, 0.2) is 0 Å². The highest BCUT2D eigenvalue weighted by atomic mass is 16.6. The molecule has 0 aliphatic rings. The molecule has 0 radical (unpaired) electrons. The predicted octanol–water partition coefficient (Wildman–Crippen LogP) is 3.87. The minimum absolute atomic E-state index is 0.0211. The fraction of sp³-hybridized carbons (Fsp3) is 0.889. The number of nitrogens with one attached hydrogen (secondary N) is 4. The van der Waals surface area contributed by atoms with Crippen LogP contribution in [0.1, 0.15) is 101 Å². The zero-order chi connectivity index (χ0) is 37.8. The number of hydrogen-bond donors (Lipinski definition) is 4. The van der Waals surface area contributed by atoms with Gasteiger partial charge in [0.05, 0.1) is 64.9 Å². The summed E-state index contributed by atoms with van der Waals surface area (Å²) in [4.78, 5) is 44.3. The van der Waals surface area contributed by atoms with Gasteiger partial charge < -0.3 is 45.0 Å². The summed E-state index contributed by atoms with van der Waals surface area (Å²) < 4.78 is 26.1. The monoisotopic (exact) mass is 707 g/mol. The molecule has 0 aromatic heterocycles. The smallest absolute Gasteiger partial charge is 0.228 e. The van der Waals surface area contributed by atoms with E-state index in [0.717, 1.165) is 18.8 Å². The summed E-state index contributed by atoms with van der Waals surface area (Å²) in [5.41, 5.74) is -0.546. The van der Waals surface area contributed by atoms with Crippen LogP contribution in [0.3, 0.4) is 0 Å². The van der Waals surface area contributed by atoms with Crippen LogP contribution in [0.2, 0.25) is 0 Å². The lowest BCUT2D eigenvalue weighted by molar-refractivity contribution is -0.134. The Balaban J connectivity index is -0.000000806. The molecule has 0 spiro atoms. The van der Waals surface area contributed by atoms with Crippen LogP contribution in [0, 0.1) is 16.7 Å². The summed E-state index contributed by atoms with van der Waals surface area (Å²) in [5, 5.41) is 10.9. The maximum absolute atomic E-state index is 12.5. The van der Waals surface area contributed by atoms with Crippen LogP contribution in [-0.4, -0.2) is 117 Å². The number of hydrogen-bond acceptors (Lipinski definition) is 9. The lowest BCUT2D eigenvalue weighted by Gasteiger charge is -2.27. The molecule has 0 saturated heterocycles. The number of rotatable bonds is 29. The minimum Gasteiger partial charge on any atom is -0.382 e. The molecular formula is C36H74N4O9. The Kier molecular flexibility index (Phi) is 37.0. The van der Waals surface area contributed by atoms with E-state index in [0.29, 0.717) is 105 Å². The first-order valence-electron chi connectivity index (χ1n) is 17.9. The number of methoxy groups -OCH3 is 1. The number of ether oxygens (including phenoxy) is 5. The van der Waals surface area contributed by atoms with Crippen LogP contribution in [-0.2, 0) is 42.9 Å². The van der Waals surface area contributed by atoms with Gasteiger partial charge in [-0.3, -0.25) is 19.2 Å². The summed E-state index contributed by atoms with van der Waals surface area (Å²) >= 11 is 0. The van der Waals surface area contributed by atoms with Gasteiger partial charge in [-0.2, -0.15) is 0 Å². The van der Waals surface area contributed by atoms with Crippen LogP contribution >= 0.6 is 0 Å². The third-order valence-corrected chi connectivity index (χ3v) is 6.46. The average molecular weight is 707 g/mol. The average Bonchev–Trinajstić information content (AvgIpc) is 3.02. The van der Waals surface area contributed by atoms with Crippen molar-refractivity contribution in [2.45, 2.75) is 107 Å². The number of amides is 4. The van der Waals surface area contributed by atoms with Gasteiger partial charge in [0.25, 0.3) is 0 Å². The van der Waals surface area contributed by atoms with Crippen molar-refractivity contribution in [3.05, 3.63) is 0 Å². The summed E-state index contributed by atoms with van der Waals surface area (Å²) in [6, 6.07) is -0.0815. The first kappa shape index (κ1) is 51.1. The molecule has 49 heavy (non-hydrogen) atoms. The summed E-state index contributed by atoms with van der Waals surface area (Å²) in [7, 11) is 1.64. The summed E-state index contributed by atoms with van der Waals surface area (Å²) in [6.45, 7) is 25.2. The second-order valence-electron chi connectivity index (χ2n) is 14.1. The van der Waals surface area contributed by atoms with Gasteiger partial charge >= 0.3 is 0 Å². The largest absolute Gasteiger partial charge is 0.382 e. The molecule has 1 atom stereocenters. The first-order chi connectivity index (χ1) is 23.2. The highest BCUT2D eigenvalue weighted by Crippen LogP contribution is 2.20. The highest BCUT2D eigenvalue weighted by Gasteiger charge is 2.29. The Morgan fingerprint density at radius 2 is 1.22 bits per heavy atom. The van der Waals surface area contributed by atoms with Crippen molar-refractivity contribution < 1.29 is 42.9 Å². The standard InChI is InChI=1S/C20H39N3O4.C10H21NO5.C6H14/c1-16(9-10-17(25)22-12-8-7-11-21-15-24)23-18(26)20(5,6)14-27-13-19(2,3)4;1-13-4-5-15-8-9-16-7-6-14-3-2-11-10-12;1-4-5-6(2)3/h15-16H,7-14H2,1-6H3,(H,21,24)(H,22,25)(H,23,26);10H,2-9H2,1H3,(H,11,12);6H,4-5H2,1-3H3/t16-;;/m1../s1. The van der Waals surface area contributed by atoms with Crippen molar-refractivity contribution in [2.75, 3.05) is 86.2 Å². The molecule has 0 bridgehead atoms. The maximum Gasteiger partial charge on any atom is 0.228 e. The van der Waals surface area contributed by atoms with E-state index in [4.69, 9.17) is 23.7 Å². The van der Waals surface area contributed by atoms with E-state index in [9.17, 15) is 19.2 Å². The third kappa shape index (κ3) is 43.7. The molecule has 0 aromatic carbocycles. The van der Waals surface area contributed by atoms with Gasteiger partial charge in [0, 0.05) is 39.2 Å². The van der Waals surface area contributed by atoms with E-state index >= 15 is 0 Å². The van der Waals surface area contributed by atoms with Crippen molar-refractivity contribution in [3.8, 4) is 0 Å². The molecule has 0 saturated carbocycles. The Hall–Kier alpha value is -2.32. The molecular weight excluding hydrogens is 632 g/mol. The van der Waals surface area contributed by atoms with Gasteiger partial charge in [-0.15, -0.1) is 0 Å². The van der Waals surface area contributed by atoms with Crippen molar-refractivity contribution >= 4 is 24.6 Å². The van der Waals surface area contributed by atoms with Crippen molar-refractivity contribution in [1.82, 2.24) is 21.3 Å². The molecule has 292 valence electrons. The van der Waals surface area contributed by atoms with Crippen LogP contribution in [0.25, 0.3) is 0 Å². The molecule has 13 heteroatoms. The third-order valence-electron chi connectivity index (χ3n) is 6.46. The van der Waals surface area contributed by atoms with E-state index in [2.05, 4.69) is 62.8 Å². The topological polar surface area (TPSA) is 163 Å². The lowest BCUT2D eigenvalue weighted by atomic mass is 9.92. The molecule has 4 N–H and O–H groups in total. The van der Waals surface area contributed by atoms with Gasteiger partial charge in [-0.25, -0.2) is 0 Å². The van der Waals surface area contributed by atoms with Gasteiger partial charge in [0.1, 0.15) is 0 Å². The van der Waals surface area contributed by atoms with Crippen LogP contribution in [0.4, 0.5) is 0 Å². The van der Waals surface area contributed by atoms with E-state index < -0.39 is 5.41 Å². The second kappa shape index (κ2) is 35.5. The minimum atomic E-state index is -0.614. The lowest BCUT2D eigenvalue weighted by Crippen LogP contribution is -2.44. The van der Waals surface area contributed by atoms with Crippen molar-refractivity contribution in [3.63, 3.8) is 0 Å². The Labute approximate surface area is 298 Å². The fourth-order valence-corrected chi connectivity index (χ4v) is 3.70. The molecule has 0 heterocycles. The Morgan fingerprint density at radius 1 is 0.694 bits per heavy atom. The van der Waals surface area contributed by atoms with E-state index in [1.54, 1.807) is 7.11 Å². The molecule has 0 fully saturated rings. The van der Waals surface area contributed by atoms with Gasteiger partial charge in [-0.05, 0) is 51.4 Å².